The van der Waals surface area contributed by atoms with E-state index in [1.54, 1.807) is 11.1 Å². The molecule has 2 saturated carbocycles. The Labute approximate surface area is 165 Å². The number of hydrogen-bond acceptors (Lipinski definition) is 2. The summed E-state index contributed by atoms with van der Waals surface area (Å²) in [4.78, 5) is 2.56. The minimum absolute atomic E-state index is 0.663. The Morgan fingerprint density at radius 2 is 1.93 bits per heavy atom. The number of likely N-dealkylation sites (tertiary alicyclic amines) is 1. The first kappa shape index (κ1) is 18.0. The summed E-state index contributed by atoms with van der Waals surface area (Å²) in [6.07, 6.45) is 14.1. The zero-order valence-electron chi connectivity index (χ0n) is 17.2. The van der Waals surface area contributed by atoms with Crippen LogP contribution in [0.3, 0.4) is 0 Å². The summed E-state index contributed by atoms with van der Waals surface area (Å²) < 4.78 is 6.15. The van der Waals surface area contributed by atoms with Crippen LogP contribution in [0.4, 0.5) is 0 Å². The van der Waals surface area contributed by atoms with Crippen molar-refractivity contribution in [2.75, 3.05) is 26.2 Å². The van der Waals surface area contributed by atoms with Crippen molar-refractivity contribution in [3.8, 4) is 5.75 Å². The average Bonchev–Trinajstić information content (AvgIpc) is 3.10. The maximum atomic E-state index is 6.15. The van der Waals surface area contributed by atoms with E-state index in [4.69, 9.17) is 4.74 Å². The molecule has 4 atom stereocenters. The molecule has 2 heteroatoms. The molecule has 1 aromatic rings. The van der Waals surface area contributed by atoms with Crippen molar-refractivity contribution >= 4 is 0 Å². The molecular weight excluding hydrogens is 330 g/mol. The van der Waals surface area contributed by atoms with Gasteiger partial charge in [0.2, 0.25) is 0 Å². The lowest BCUT2D eigenvalue weighted by Gasteiger charge is -2.49. The molecule has 0 unspecified atom stereocenters. The van der Waals surface area contributed by atoms with Crippen molar-refractivity contribution in [3.05, 3.63) is 29.3 Å². The molecule has 0 N–H and O–H groups in total. The second-order valence-corrected chi connectivity index (χ2v) is 10.1. The number of benzene rings is 1. The van der Waals surface area contributed by atoms with Gasteiger partial charge in [0.15, 0.2) is 0 Å². The SMILES string of the molecule is C[C@@]12CCC[C@H]1[C@@H]1CCc3cc(OCCN4CCCCC4)ccc3[C@H]1CC2. The van der Waals surface area contributed by atoms with Crippen LogP contribution in [0.5, 0.6) is 5.75 Å². The molecule has 1 heterocycles. The average molecular weight is 368 g/mol. The zero-order chi connectivity index (χ0) is 18.3. The van der Waals surface area contributed by atoms with Gasteiger partial charge in [-0.1, -0.05) is 25.8 Å². The fraction of sp³-hybridized carbons (Fsp3) is 0.760. The molecule has 3 aliphatic carbocycles. The second kappa shape index (κ2) is 7.43. The van der Waals surface area contributed by atoms with Crippen molar-refractivity contribution in [1.82, 2.24) is 4.90 Å². The van der Waals surface area contributed by atoms with Gasteiger partial charge < -0.3 is 4.74 Å². The minimum Gasteiger partial charge on any atom is -0.492 e. The topological polar surface area (TPSA) is 12.5 Å². The van der Waals surface area contributed by atoms with Crippen LogP contribution in [-0.4, -0.2) is 31.1 Å². The summed E-state index contributed by atoms with van der Waals surface area (Å²) in [6, 6.07) is 7.07. The highest BCUT2D eigenvalue weighted by Gasteiger charge is 2.50. The normalized spacial score (nSPS) is 36.0. The number of ether oxygens (including phenoxy) is 1. The van der Waals surface area contributed by atoms with E-state index in [9.17, 15) is 0 Å². The maximum absolute atomic E-state index is 6.15. The Morgan fingerprint density at radius 1 is 1.04 bits per heavy atom. The number of aryl methyl sites for hydroxylation is 1. The molecule has 5 rings (SSSR count). The predicted octanol–water partition coefficient (Wildman–Crippen LogP) is 5.80. The first-order valence-corrected chi connectivity index (χ1v) is 11.7. The Bertz CT molecular complexity index is 664. The van der Waals surface area contributed by atoms with Gasteiger partial charge in [0, 0.05) is 6.54 Å². The van der Waals surface area contributed by atoms with E-state index in [0.717, 1.165) is 36.7 Å². The van der Waals surface area contributed by atoms with Crippen molar-refractivity contribution < 1.29 is 4.74 Å². The number of rotatable bonds is 4. The summed E-state index contributed by atoms with van der Waals surface area (Å²) in [5, 5.41) is 0. The van der Waals surface area contributed by atoms with Gasteiger partial charge in [0.25, 0.3) is 0 Å². The lowest BCUT2D eigenvalue weighted by molar-refractivity contribution is 0.0598. The summed E-state index contributed by atoms with van der Waals surface area (Å²) in [6.45, 7) is 7.04. The summed E-state index contributed by atoms with van der Waals surface area (Å²) >= 11 is 0. The van der Waals surface area contributed by atoms with Crippen LogP contribution in [0.1, 0.15) is 81.8 Å². The lowest BCUT2D eigenvalue weighted by atomic mass is 9.56. The first-order chi connectivity index (χ1) is 13.2. The molecule has 2 nitrogen and oxygen atoms in total. The minimum atomic E-state index is 0.663. The summed E-state index contributed by atoms with van der Waals surface area (Å²) in [7, 11) is 0. The molecule has 148 valence electrons. The van der Waals surface area contributed by atoms with E-state index in [1.165, 1.54) is 77.3 Å². The highest BCUT2D eigenvalue weighted by molar-refractivity contribution is 5.40. The van der Waals surface area contributed by atoms with Crippen LogP contribution >= 0.6 is 0 Å². The fourth-order valence-corrected chi connectivity index (χ4v) is 7.12. The molecule has 1 aromatic carbocycles. The predicted molar refractivity (Wildman–Crippen MR) is 111 cm³/mol. The zero-order valence-corrected chi connectivity index (χ0v) is 17.2. The van der Waals surface area contributed by atoms with Crippen molar-refractivity contribution in [1.29, 1.82) is 0 Å². The molecule has 1 saturated heterocycles. The lowest BCUT2D eigenvalue weighted by Crippen LogP contribution is -2.39. The third-order valence-electron chi connectivity index (χ3n) is 8.60. The Balaban J connectivity index is 1.24. The number of nitrogens with zero attached hydrogens (tertiary/aromatic N) is 1. The quantitative estimate of drug-likeness (QED) is 0.667. The van der Waals surface area contributed by atoms with Gasteiger partial charge in [-0.2, -0.15) is 0 Å². The molecule has 0 aromatic heterocycles. The van der Waals surface area contributed by atoms with E-state index in [0.29, 0.717) is 5.41 Å². The maximum Gasteiger partial charge on any atom is 0.119 e. The summed E-state index contributed by atoms with van der Waals surface area (Å²) in [5.41, 5.74) is 3.92. The summed E-state index contributed by atoms with van der Waals surface area (Å²) in [5.74, 6) is 3.87. The number of piperidine rings is 1. The van der Waals surface area contributed by atoms with Crippen LogP contribution in [0.15, 0.2) is 18.2 Å². The van der Waals surface area contributed by atoms with Crippen LogP contribution in [0.2, 0.25) is 0 Å². The number of hydrogen-bond donors (Lipinski definition) is 0. The van der Waals surface area contributed by atoms with Gasteiger partial charge in [0.1, 0.15) is 12.4 Å². The van der Waals surface area contributed by atoms with Crippen LogP contribution in [0.25, 0.3) is 0 Å². The molecule has 0 bridgehead atoms. The van der Waals surface area contributed by atoms with Crippen molar-refractivity contribution in [2.45, 2.75) is 77.0 Å². The van der Waals surface area contributed by atoms with E-state index >= 15 is 0 Å². The molecule has 0 amide bonds. The molecular formula is C25H37NO. The van der Waals surface area contributed by atoms with Gasteiger partial charge in [-0.15, -0.1) is 0 Å². The molecule has 3 fully saturated rings. The highest BCUT2D eigenvalue weighted by atomic mass is 16.5. The third-order valence-corrected chi connectivity index (χ3v) is 8.60. The van der Waals surface area contributed by atoms with Gasteiger partial charge in [-0.25, -0.2) is 0 Å². The molecule has 27 heavy (non-hydrogen) atoms. The molecule has 1 aliphatic heterocycles. The van der Waals surface area contributed by atoms with Crippen LogP contribution in [-0.2, 0) is 6.42 Å². The van der Waals surface area contributed by atoms with Gasteiger partial charge in [-0.3, -0.25) is 4.90 Å². The Kier molecular flexibility index (Phi) is 4.96. The fourth-order valence-electron chi connectivity index (χ4n) is 7.12. The standard InChI is InChI=1S/C25H37NO/c1-25-12-5-6-24(25)23-9-7-19-18-20(8-10-21(19)22(23)11-13-25)27-17-16-26-14-3-2-4-15-26/h8,10,18,22-24H,2-7,9,11-17H2,1H3/t22-,23-,24+,25+/m1/s1. The van der Waals surface area contributed by atoms with E-state index < -0.39 is 0 Å². The van der Waals surface area contributed by atoms with Crippen LogP contribution in [0, 0.1) is 17.3 Å². The second-order valence-electron chi connectivity index (χ2n) is 10.1. The molecule has 0 radical (unpaired) electrons. The van der Waals surface area contributed by atoms with Gasteiger partial charge >= 0.3 is 0 Å². The van der Waals surface area contributed by atoms with Crippen molar-refractivity contribution in [3.63, 3.8) is 0 Å². The third kappa shape index (κ3) is 3.43. The van der Waals surface area contributed by atoms with Gasteiger partial charge in [-0.05, 0) is 111 Å². The van der Waals surface area contributed by atoms with Gasteiger partial charge in [0.05, 0.1) is 0 Å². The van der Waals surface area contributed by atoms with E-state index in [-0.39, 0.29) is 0 Å². The number of fused-ring (bicyclic) bond motifs is 5. The van der Waals surface area contributed by atoms with E-state index in [2.05, 4.69) is 30.0 Å². The van der Waals surface area contributed by atoms with Crippen LogP contribution < -0.4 is 4.74 Å². The Hall–Kier alpha value is -1.02. The smallest absolute Gasteiger partial charge is 0.119 e. The molecule has 4 aliphatic rings. The first-order valence-electron chi connectivity index (χ1n) is 11.7. The molecule has 0 spiro atoms. The van der Waals surface area contributed by atoms with E-state index in [1.807, 2.05) is 0 Å². The Morgan fingerprint density at radius 3 is 2.81 bits per heavy atom. The monoisotopic (exact) mass is 367 g/mol. The largest absolute Gasteiger partial charge is 0.492 e. The van der Waals surface area contributed by atoms with Crippen molar-refractivity contribution in [2.24, 2.45) is 17.3 Å². The highest BCUT2D eigenvalue weighted by Crippen LogP contribution is 2.60.